The summed E-state index contributed by atoms with van der Waals surface area (Å²) in [6.07, 6.45) is 4.28. The number of hydrogen-bond donors (Lipinski definition) is 4. The molecule has 0 saturated carbocycles. The summed E-state index contributed by atoms with van der Waals surface area (Å²) < 4.78 is 9.70. The molecule has 10 heteroatoms. The predicted molar refractivity (Wildman–Crippen MR) is 76.1 cm³/mol. The zero-order chi connectivity index (χ0) is 16.8. The first-order valence-corrected chi connectivity index (χ1v) is 6.73. The lowest BCUT2D eigenvalue weighted by molar-refractivity contribution is -0.142. The van der Waals surface area contributed by atoms with Gasteiger partial charge in [-0.25, -0.2) is 14.8 Å². The average Bonchev–Trinajstić information content (AvgIpc) is 3.24. The second-order valence-corrected chi connectivity index (χ2v) is 4.69. The van der Waals surface area contributed by atoms with Crippen LogP contribution >= 0.6 is 0 Å². The normalized spacial score (nSPS) is 13.3. The fraction of sp³-hybridized carbons (Fsp3) is 0.385. The molecule has 0 spiro atoms. The van der Waals surface area contributed by atoms with Crippen LogP contribution in [0.2, 0.25) is 0 Å². The van der Waals surface area contributed by atoms with Crippen molar-refractivity contribution in [3.05, 3.63) is 36.1 Å². The maximum atomic E-state index is 12.2. The molecule has 0 radical (unpaired) electrons. The van der Waals surface area contributed by atoms with Crippen LogP contribution in [0.15, 0.2) is 23.2 Å². The lowest BCUT2D eigenvalue weighted by Gasteiger charge is -2.14. The molecule has 0 aliphatic heterocycles. The summed E-state index contributed by atoms with van der Waals surface area (Å²) in [6, 6.07) is -1.74. The van der Waals surface area contributed by atoms with E-state index >= 15 is 0 Å². The van der Waals surface area contributed by atoms with Gasteiger partial charge in [0.05, 0.1) is 20.0 Å². The Labute approximate surface area is 131 Å². The summed E-state index contributed by atoms with van der Waals surface area (Å²) >= 11 is 0. The molecule has 0 saturated heterocycles. The van der Waals surface area contributed by atoms with Crippen LogP contribution in [0.5, 0.6) is 0 Å². The van der Waals surface area contributed by atoms with Gasteiger partial charge in [-0.2, -0.15) is 0 Å². The van der Waals surface area contributed by atoms with Crippen LogP contribution in [0, 0.1) is 0 Å². The predicted octanol–water partition coefficient (Wildman–Crippen LogP) is -1.10. The summed E-state index contributed by atoms with van der Waals surface area (Å²) in [7, 11) is 1.23. The number of methoxy groups -OCH3 is 1. The highest BCUT2D eigenvalue weighted by atomic mass is 16.5. The number of aliphatic hydroxyl groups is 1. The minimum atomic E-state index is -0.917. The van der Waals surface area contributed by atoms with Crippen LogP contribution in [0.25, 0.3) is 0 Å². The fourth-order valence-corrected chi connectivity index (χ4v) is 1.82. The van der Waals surface area contributed by atoms with E-state index in [-0.39, 0.29) is 24.6 Å². The van der Waals surface area contributed by atoms with Crippen LogP contribution in [0.3, 0.4) is 0 Å². The minimum Gasteiger partial charge on any atom is -0.467 e. The quantitative estimate of drug-likeness (QED) is 0.468. The number of nitrogens with one attached hydrogen (secondary N) is 2. The number of carbonyl (C=O) groups excluding carboxylic acids is 2. The molecular formula is C13H17N5O5. The number of aromatic amines is 1. The molecule has 5 N–H and O–H groups in total. The third-order valence-corrected chi connectivity index (χ3v) is 3.04. The van der Waals surface area contributed by atoms with Crippen molar-refractivity contribution in [1.29, 1.82) is 0 Å². The van der Waals surface area contributed by atoms with E-state index in [9.17, 15) is 9.59 Å². The Morgan fingerprint density at radius 3 is 2.96 bits per heavy atom. The van der Waals surface area contributed by atoms with Crippen molar-refractivity contribution in [2.45, 2.75) is 18.5 Å². The van der Waals surface area contributed by atoms with Crippen molar-refractivity contribution < 1.29 is 23.8 Å². The third-order valence-electron chi connectivity index (χ3n) is 3.04. The Balaban J connectivity index is 2.07. The number of amides is 1. The lowest BCUT2D eigenvalue weighted by Crippen LogP contribution is -2.43. The smallest absolute Gasteiger partial charge is 0.328 e. The minimum absolute atomic E-state index is 0.0286. The first kappa shape index (κ1) is 16.6. The molecule has 2 atom stereocenters. The highest BCUT2D eigenvalue weighted by Gasteiger charge is 2.25. The molecule has 23 heavy (non-hydrogen) atoms. The van der Waals surface area contributed by atoms with Gasteiger partial charge < -0.3 is 30.3 Å². The molecule has 124 valence electrons. The standard InChI is InChI=1S/C13H17N5O5/c1-22-13(21)9(2-7-3-15-6-16-7)17-11(20)10-5-23-12(18-10)8(14)4-19/h3,5-6,8-9,19H,2,4,14H2,1H3,(H,15,16)(H,17,20). The molecule has 2 aromatic rings. The van der Waals surface area contributed by atoms with Crippen LogP contribution in [-0.4, -0.2) is 51.7 Å². The maximum Gasteiger partial charge on any atom is 0.328 e. The number of ether oxygens (including phenoxy) is 1. The Bertz CT molecular complexity index is 654. The average molecular weight is 323 g/mol. The highest BCUT2D eigenvalue weighted by molar-refractivity contribution is 5.95. The SMILES string of the molecule is COC(=O)C(Cc1cnc[nH]1)NC(=O)c1coc(C(N)CO)n1. The molecule has 2 heterocycles. The molecule has 1 amide bonds. The molecule has 10 nitrogen and oxygen atoms in total. The molecule has 0 aliphatic rings. The lowest BCUT2D eigenvalue weighted by atomic mass is 10.1. The van der Waals surface area contributed by atoms with Crippen LogP contribution in [0.1, 0.15) is 28.1 Å². The van der Waals surface area contributed by atoms with Crippen LogP contribution in [-0.2, 0) is 16.0 Å². The molecule has 2 rings (SSSR count). The van der Waals surface area contributed by atoms with Gasteiger partial charge in [0, 0.05) is 18.3 Å². The van der Waals surface area contributed by atoms with E-state index < -0.39 is 24.0 Å². The molecule has 0 aromatic carbocycles. The van der Waals surface area contributed by atoms with Crippen LogP contribution in [0.4, 0.5) is 0 Å². The highest BCUT2D eigenvalue weighted by Crippen LogP contribution is 2.10. The topological polar surface area (TPSA) is 156 Å². The van der Waals surface area contributed by atoms with Gasteiger partial charge in [-0.15, -0.1) is 0 Å². The summed E-state index contributed by atoms with van der Waals surface area (Å²) in [5.41, 5.74) is 6.15. The van der Waals surface area contributed by atoms with E-state index in [0.29, 0.717) is 5.69 Å². The van der Waals surface area contributed by atoms with E-state index in [1.807, 2.05) is 0 Å². The Hall–Kier alpha value is -2.72. The Morgan fingerprint density at radius 1 is 1.57 bits per heavy atom. The van der Waals surface area contributed by atoms with Gasteiger partial charge in [-0.05, 0) is 0 Å². The van der Waals surface area contributed by atoms with Crippen molar-refractivity contribution in [2.24, 2.45) is 5.73 Å². The fourth-order valence-electron chi connectivity index (χ4n) is 1.82. The van der Waals surface area contributed by atoms with Crippen molar-refractivity contribution in [1.82, 2.24) is 20.3 Å². The number of H-pyrrole nitrogens is 1. The van der Waals surface area contributed by atoms with Crippen molar-refractivity contribution in [3.63, 3.8) is 0 Å². The number of nitrogens with two attached hydrogens (primary N) is 1. The maximum absolute atomic E-state index is 12.2. The molecule has 0 bridgehead atoms. The second kappa shape index (κ2) is 7.51. The number of oxazole rings is 1. The third kappa shape index (κ3) is 4.14. The number of aromatic nitrogens is 3. The van der Waals surface area contributed by atoms with E-state index in [2.05, 4.69) is 25.0 Å². The summed E-state index contributed by atoms with van der Waals surface area (Å²) in [5.74, 6) is -1.20. The largest absolute Gasteiger partial charge is 0.467 e. The number of esters is 1. The number of aliphatic hydroxyl groups excluding tert-OH is 1. The van der Waals surface area contributed by atoms with Gasteiger partial charge >= 0.3 is 5.97 Å². The number of hydrogen-bond acceptors (Lipinski definition) is 8. The monoisotopic (exact) mass is 323 g/mol. The summed E-state index contributed by atoms with van der Waals surface area (Å²) in [5, 5.41) is 11.4. The van der Waals surface area contributed by atoms with Crippen molar-refractivity contribution in [3.8, 4) is 0 Å². The van der Waals surface area contributed by atoms with Crippen molar-refractivity contribution in [2.75, 3.05) is 13.7 Å². The molecule has 2 aromatic heterocycles. The zero-order valence-electron chi connectivity index (χ0n) is 12.4. The van der Waals surface area contributed by atoms with Gasteiger partial charge in [-0.1, -0.05) is 0 Å². The van der Waals surface area contributed by atoms with Crippen LogP contribution < -0.4 is 11.1 Å². The first-order chi connectivity index (χ1) is 11.0. The number of rotatable bonds is 7. The van der Waals surface area contributed by atoms with Gasteiger partial charge in [0.2, 0.25) is 5.89 Å². The number of carbonyl (C=O) groups is 2. The first-order valence-electron chi connectivity index (χ1n) is 6.73. The van der Waals surface area contributed by atoms with Gasteiger partial charge in [-0.3, -0.25) is 4.79 Å². The molecule has 2 unspecified atom stereocenters. The van der Waals surface area contributed by atoms with Gasteiger partial charge in [0.15, 0.2) is 5.69 Å². The Morgan fingerprint density at radius 2 is 2.35 bits per heavy atom. The van der Waals surface area contributed by atoms with Gasteiger partial charge in [0.1, 0.15) is 18.3 Å². The number of imidazole rings is 1. The molecule has 0 fully saturated rings. The van der Waals surface area contributed by atoms with E-state index in [1.165, 1.54) is 19.6 Å². The molecule has 0 aliphatic carbocycles. The number of nitrogens with zero attached hydrogens (tertiary/aromatic N) is 2. The molecular weight excluding hydrogens is 306 g/mol. The van der Waals surface area contributed by atoms with E-state index in [1.54, 1.807) is 0 Å². The summed E-state index contributed by atoms with van der Waals surface area (Å²) in [6.45, 7) is -0.369. The van der Waals surface area contributed by atoms with E-state index in [4.69, 9.17) is 15.3 Å². The summed E-state index contributed by atoms with van der Waals surface area (Å²) in [4.78, 5) is 34.5. The Kier molecular flexibility index (Phi) is 5.44. The zero-order valence-corrected chi connectivity index (χ0v) is 12.4. The second-order valence-electron chi connectivity index (χ2n) is 4.69. The van der Waals surface area contributed by atoms with E-state index in [0.717, 1.165) is 6.26 Å². The van der Waals surface area contributed by atoms with Gasteiger partial charge in [0.25, 0.3) is 5.91 Å². The van der Waals surface area contributed by atoms with Crippen molar-refractivity contribution >= 4 is 11.9 Å².